The zero-order chi connectivity index (χ0) is 18.9. The maximum absolute atomic E-state index is 12.1. The highest BCUT2D eigenvalue weighted by molar-refractivity contribution is 9.10. The van der Waals surface area contributed by atoms with E-state index >= 15 is 0 Å². The van der Waals surface area contributed by atoms with Gasteiger partial charge in [0.2, 0.25) is 5.91 Å². The molecule has 0 aliphatic heterocycles. The van der Waals surface area contributed by atoms with Crippen molar-refractivity contribution in [1.82, 2.24) is 5.32 Å². The van der Waals surface area contributed by atoms with Gasteiger partial charge in [-0.1, -0.05) is 24.3 Å². The standard InChI is InChI=1S/C19H18BrNO5/c1-13(22)21-11-10-14-2-4-15(5-3-14)17(23)12-25-19(24)9-7-16-6-8-18(20)26-16/h2-9H,10-12H2,1H3,(H,21,22)/b9-7+. The van der Waals surface area contributed by atoms with Crippen molar-refractivity contribution in [3.05, 3.63) is 64.0 Å². The maximum atomic E-state index is 12.1. The Bertz CT molecular complexity index is 808. The molecule has 0 unspecified atom stereocenters. The number of ketones is 1. The Kier molecular flexibility index (Phi) is 7.35. The van der Waals surface area contributed by atoms with E-state index in [1.54, 1.807) is 24.3 Å². The van der Waals surface area contributed by atoms with Crippen LogP contribution >= 0.6 is 15.9 Å². The average molecular weight is 420 g/mol. The number of halogens is 1. The Morgan fingerprint density at radius 2 is 1.88 bits per heavy atom. The highest BCUT2D eigenvalue weighted by Crippen LogP contribution is 2.15. The van der Waals surface area contributed by atoms with E-state index in [4.69, 9.17) is 9.15 Å². The van der Waals surface area contributed by atoms with Crippen molar-refractivity contribution in [1.29, 1.82) is 0 Å². The fourth-order valence-electron chi connectivity index (χ4n) is 2.08. The molecule has 7 heteroatoms. The summed E-state index contributed by atoms with van der Waals surface area (Å²) in [6, 6.07) is 10.4. The largest absolute Gasteiger partial charge is 0.454 e. The summed E-state index contributed by atoms with van der Waals surface area (Å²) in [6.07, 6.45) is 3.34. The van der Waals surface area contributed by atoms with Gasteiger partial charge in [-0.2, -0.15) is 0 Å². The Morgan fingerprint density at radius 1 is 1.15 bits per heavy atom. The smallest absolute Gasteiger partial charge is 0.331 e. The number of carbonyl (C=O) groups is 3. The zero-order valence-corrected chi connectivity index (χ0v) is 15.7. The molecule has 2 rings (SSSR count). The number of Topliss-reactive ketones (excluding diaryl/α,β-unsaturated/α-hetero) is 1. The van der Waals surface area contributed by atoms with Crippen LogP contribution in [0.3, 0.4) is 0 Å². The second-order valence-corrected chi connectivity index (χ2v) is 6.22. The Hall–Kier alpha value is -2.67. The van der Waals surface area contributed by atoms with Gasteiger partial charge in [-0.25, -0.2) is 4.79 Å². The summed E-state index contributed by atoms with van der Waals surface area (Å²) in [5, 5.41) is 2.71. The van der Waals surface area contributed by atoms with Gasteiger partial charge in [-0.15, -0.1) is 0 Å². The minimum absolute atomic E-state index is 0.0765. The Labute approximate surface area is 159 Å². The molecular formula is C19H18BrNO5. The molecule has 6 nitrogen and oxygen atoms in total. The highest BCUT2D eigenvalue weighted by Gasteiger charge is 2.09. The van der Waals surface area contributed by atoms with Crippen LogP contribution in [0.1, 0.15) is 28.6 Å². The van der Waals surface area contributed by atoms with Crippen LogP contribution in [0.5, 0.6) is 0 Å². The third-order valence-electron chi connectivity index (χ3n) is 3.39. The van der Waals surface area contributed by atoms with Crippen molar-refractivity contribution in [2.24, 2.45) is 0 Å². The number of nitrogens with one attached hydrogen (secondary N) is 1. The van der Waals surface area contributed by atoms with Gasteiger partial charge in [0.1, 0.15) is 5.76 Å². The number of ether oxygens (including phenoxy) is 1. The first-order chi connectivity index (χ1) is 12.4. The molecule has 0 fully saturated rings. The van der Waals surface area contributed by atoms with Crippen LogP contribution in [0.4, 0.5) is 0 Å². The van der Waals surface area contributed by atoms with Crippen molar-refractivity contribution in [2.45, 2.75) is 13.3 Å². The lowest BCUT2D eigenvalue weighted by molar-refractivity contribution is -0.136. The van der Waals surface area contributed by atoms with Gasteiger partial charge in [-0.05, 0) is 46.1 Å². The minimum Gasteiger partial charge on any atom is -0.454 e. The Morgan fingerprint density at radius 3 is 2.50 bits per heavy atom. The van der Waals surface area contributed by atoms with Crippen LogP contribution in [0.25, 0.3) is 6.08 Å². The lowest BCUT2D eigenvalue weighted by atomic mass is 10.1. The van der Waals surface area contributed by atoms with E-state index in [0.29, 0.717) is 29.0 Å². The van der Waals surface area contributed by atoms with Crippen LogP contribution in [-0.2, 0) is 20.7 Å². The number of hydrogen-bond acceptors (Lipinski definition) is 5. The second-order valence-electron chi connectivity index (χ2n) is 5.44. The summed E-state index contributed by atoms with van der Waals surface area (Å²) in [6.45, 7) is 1.67. The van der Waals surface area contributed by atoms with Crippen LogP contribution in [-0.4, -0.2) is 30.8 Å². The molecule has 136 valence electrons. The number of benzene rings is 1. The quantitative estimate of drug-likeness (QED) is 0.403. The fourth-order valence-corrected chi connectivity index (χ4v) is 2.40. The number of carbonyl (C=O) groups excluding carboxylic acids is 3. The molecule has 1 heterocycles. The first-order valence-corrected chi connectivity index (χ1v) is 8.70. The molecule has 0 spiro atoms. The van der Waals surface area contributed by atoms with Crippen molar-refractivity contribution < 1.29 is 23.5 Å². The van der Waals surface area contributed by atoms with Crippen LogP contribution in [0.15, 0.2) is 51.6 Å². The summed E-state index contributed by atoms with van der Waals surface area (Å²) in [4.78, 5) is 34.5. The number of esters is 1. The van der Waals surface area contributed by atoms with E-state index in [-0.39, 0.29) is 18.3 Å². The van der Waals surface area contributed by atoms with E-state index in [9.17, 15) is 14.4 Å². The van der Waals surface area contributed by atoms with Crippen LogP contribution in [0, 0.1) is 0 Å². The molecule has 0 atom stereocenters. The monoisotopic (exact) mass is 419 g/mol. The summed E-state index contributed by atoms with van der Waals surface area (Å²) in [5.41, 5.74) is 1.46. The second kappa shape index (κ2) is 9.72. The number of furan rings is 1. The summed E-state index contributed by atoms with van der Waals surface area (Å²) < 4.78 is 10.7. The molecule has 1 amide bonds. The number of hydrogen-bond donors (Lipinski definition) is 1. The number of amides is 1. The summed E-state index contributed by atoms with van der Waals surface area (Å²) in [5.74, 6) is -0.499. The van der Waals surface area contributed by atoms with Crippen LogP contribution in [0.2, 0.25) is 0 Å². The predicted octanol–water partition coefficient (Wildman–Crippen LogP) is 3.16. The van der Waals surface area contributed by atoms with Crippen molar-refractivity contribution in [3.8, 4) is 0 Å². The molecule has 0 radical (unpaired) electrons. The first kappa shape index (κ1) is 19.7. The third-order valence-corrected chi connectivity index (χ3v) is 3.81. The molecular weight excluding hydrogens is 402 g/mol. The molecule has 2 aromatic rings. The van der Waals surface area contributed by atoms with Gasteiger partial charge >= 0.3 is 5.97 Å². The molecule has 0 saturated heterocycles. The molecule has 1 aromatic heterocycles. The van der Waals surface area contributed by atoms with Crippen molar-refractivity contribution in [2.75, 3.05) is 13.2 Å². The van der Waals surface area contributed by atoms with E-state index in [1.807, 2.05) is 12.1 Å². The molecule has 26 heavy (non-hydrogen) atoms. The van der Waals surface area contributed by atoms with E-state index < -0.39 is 5.97 Å². The molecule has 0 aliphatic rings. The Balaban J connectivity index is 1.79. The predicted molar refractivity (Wildman–Crippen MR) is 99.6 cm³/mol. The highest BCUT2D eigenvalue weighted by atomic mass is 79.9. The van der Waals surface area contributed by atoms with Crippen molar-refractivity contribution in [3.63, 3.8) is 0 Å². The SMILES string of the molecule is CC(=O)NCCc1ccc(C(=O)COC(=O)/C=C/c2ccc(Br)o2)cc1. The van der Waals surface area contributed by atoms with E-state index in [0.717, 1.165) is 5.56 Å². The third kappa shape index (κ3) is 6.68. The van der Waals surface area contributed by atoms with Gasteiger partial charge in [-0.3, -0.25) is 9.59 Å². The molecule has 0 bridgehead atoms. The van der Waals surface area contributed by atoms with Gasteiger partial charge in [0.05, 0.1) is 0 Å². The molecule has 0 aliphatic carbocycles. The topological polar surface area (TPSA) is 85.6 Å². The molecule has 1 N–H and O–H groups in total. The van der Waals surface area contributed by atoms with Gasteiger partial charge < -0.3 is 14.5 Å². The number of rotatable bonds is 8. The zero-order valence-electron chi connectivity index (χ0n) is 14.2. The fraction of sp³-hybridized carbons (Fsp3) is 0.211. The summed E-state index contributed by atoms with van der Waals surface area (Å²) >= 11 is 3.16. The lowest BCUT2D eigenvalue weighted by Gasteiger charge is -2.05. The lowest BCUT2D eigenvalue weighted by Crippen LogP contribution is -2.22. The molecule has 0 saturated carbocycles. The summed E-state index contributed by atoms with van der Waals surface area (Å²) in [7, 11) is 0. The minimum atomic E-state index is -0.627. The average Bonchev–Trinajstić information content (AvgIpc) is 3.03. The van der Waals surface area contributed by atoms with Gasteiger partial charge in [0.25, 0.3) is 0 Å². The van der Waals surface area contributed by atoms with Crippen LogP contribution < -0.4 is 5.32 Å². The van der Waals surface area contributed by atoms with Crippen molar-refractivity contribution >= 4 is 39.7 Å². The van der Waals surface area contributed by atoms with E-state index in [1.165, 1.54) is 19.1 Å². The van der Waals surface area contributed by atoms with Gasteiger partial charge in [0.15, 0.2) is 17.1 Å². The maximum Gasteiger partial charge on any atom is 0.331 e. The first-order valence-electron chi connectivity index (χ1n) is 7.91. The normalized spacial score (nSPS) is 10.7. The van der Waals surface area contributed by atoms with E-state index in [2.05, 4.69) is 21.2 Å². The molecule has 1 aromatic carbocycles. The van der Waals surface area contributed by atoms with Gasteiger partial charge in [0, 0.05) is 25.1 Å².